The van der Waals surface area contributed by atoms with Gasteiger partial charge in [0.1, 0.15) is 0 Å². The lowest BCUT2D eigenvalue weighted by Gasteiger charge is -2.08. The minimum atomic E-state index is -0.297. The number of anilines is 1. The predicted molar refractivity (Wildman–Crippen MR) is 89.4 cm³/mol. The second-order valence-electron chi connectivity index (χ2n) is 4.47. The van der Waals surface area contributed by atoms with E-state index in [2.05, 4.69) is 21.2 Å². The van der Waals surface area contributed by atoms with Crippen LogP contribution < -0.4 is 5.32 Å². The van der Waals surface area contributed by atoms with E-state index in [1.165, 1.54) is 0 Å². The van der Waals surface area contributed by atoms with Crippen molar-refractivity contribution < 1.29 is 9.59 Å². The van der Waals surface area contributed by atoms with Crippen molar-refractivity contribution in [1.29, 1.82) is 0 Å². The van der Waals surface area contributed by atoms with Crippen LogP contribution in [0.4, 0.5) is 5.69 Å². The molecule has 0 saturated heterocycles. The van der Waals surface area contributed by atoms with Crippen LogP contribution in [-0.4, -0.2) is 11.0 Å². The fourth-order valence-corrected chi connectivity index (χ4v) is 2.98. The molecule has 2 rings (SSSR count). The first kappa shape index (κ1) is 15.8. The zero-order valence-corrected chi connectivity index (χ0v) is 13.8. The minimum absolute atomic E-state index is 0.144. The largest absolute Gasteiger partial charge is 0.325 e. The van der Waals surface area contributed by atoms with Gasteiger partial charge in [-0.3, -0.25) is 9.59 Å². The lowest BCUT2D eigenvalue weighted by atomic mass is 10.2. The van der Waals surface area contributed by atoms with Gasteiger partial charge in [-0.25, -0.2) is 0 Å². The number of thioether (sulfide) groups is 1. The van der Waals surface area contributed by atoms with Crippen LogP contribution in [0.15, 0.2) is 57.9 Å². The number of rotatable bonds is 4. The average Bonchev–Trinajstić information content (AvgIpc) is 2.43. The van der Waals surface area contributed by atoms with Gasteiger partial charge in [-0.2, -0.15) is 0 Å². The van der Waals surface area contributed by atoms with Crippen molar-refractivity contribution in [2.24, 2.45) is 0 Å². The van der Waals surface area contributed by atoms with Crippen LogP contribution in [0, 0.1) is 6.92 Å². The maximum absolute atomic E-state index is 11.9. The van der Waals surface area contributed by atoms with Gasteiger partial charge in [0.05, 0.1) is 6.42 Å². The first-order valence-electron chi connectivity index (χ1n) is 6.36. The summed E-state index contributed by atoms with van der Waals surface area (Å²) < 4.78 is 0.953. The summed E-state index contributed by atoms with van der Waals surface area (Å²) in [6, 6.07) is 14.9. The fourth-order valence-electron chi connectivity index (χ4n) is 1.75. The highest BCUT2D eigenvalue weighted by atomic mass is 79.9. The lowest BCUT2D eigenvalue weighted by Crippen LogP contribution is -2.15. The van der Waals surface area contributed by atoms with E-state index in [0.717, 1.165) is 32.4 Å². The minimum Gasteiger partial charge on any atom is -0.325 e. The van der Waals surface area contributed by atoms with Crippen molar-refractivity contribution in [3.63, 3.8) is 0 Å². The van der Waals surface area contributed by atoms with Crippen molar-refractivity contribution in [2.75, 3.05) is 5.32 Å². The van der Waals surface area contributed by atoms with Crippen LogP contribution in [0.2, 0.25) is 0 Å². The van der Waals surface area contributed by atoms with E-state index in [0.29, 0.717) is 0 Å². The Hall–Kier alpha value is -1.59. The van der Waals surface area contributed by atoms with Crippen LogP contribution >= 0.6 is 27.7 Å². The number of aryl methyl sites for hydroxylation is 1. The standard InChI is InChI=1S/C16H14BrNO2S/c1-11-9-12(17)7-8-14(11)18-15(19)10-16(20)21-13-5-3-2-4-6-13/h2-9H,10H2,1H3,(H,18,19). The predicted octanol–water partition coefficient (Wildman–Crippen LogP) is 4.41. The maximum atomic E-state index is 11.9. The van der Waals surface area contributed by atoms with Gasteiger partial charge in [0, 0.05) is 15.1 Å². The Morgan fingerprint density at radius 3 is 2.52 bits per heavy atom. The molecule has 0 saturated carbocycles. The Labute approximate surface area is 136 Å². The third kappa shape index (κ3) is 5.02. The van der Waals surface area contributed by atoms with Gasteiger partial charge in [-0.15, -0.1) is 0 Å². The van der Waals surface area contributed by atoms with E-state index in [1.54, 1.807) is 0 Å². The Bertz CT molecular complexity index is 659. The van der Waals surface area contributed by atoms with E-state index in [1.807, 2.05) is 55.5 Å². The van der Waals surface area contributed by atoms with E-state index in [4.69, 9.17) is 0 Å². The molecule has 1 amide bonds. The SMILES string of the molecule is Cc1cc(Br)ccc1NC(=O)CC(=O)Sc1ccccc1. The van der Waals surface area contributed by atoms with Gasteiger partial charge in [0.15, 0.2) is 0 Å². The lowest BCUT2D eigenvalue weighted by molar-refractivity contribution is -0.121. The molecular weight excluding hydrogens is 350 g/mol. The summed E-state index contributed by atoms with van der Waals surface area (Å²) in [5.41, 5.74) is 1.67. The molecule has 108 valence electrons. The number of nitrogens with one attached hydrogen (secondary N) is 1. The zero-order valence-electron chi connectivity index (χ0n) is 11.4. The Morgan fingerprint density at radius 1 is 1.14 bits per heavy atom. The van der Waals surface area contributed by atoms with Gasteiger partial charge in [0.2, 0.25) is 11.0 Å². The molecule has 0 atom stereocenters. The normalized spacial score (nSPS) is 10.2. The molecule has 0 spiro atoms. The van der Waals surface area contributed by atoms with Crippen molar-refractivity contribution in [3.8, 4) is 0 Å². The number of halogens is 1. The van der Waals surface area contributed by atoms with Gasteiger partial charge < -0.3 is 5.32 Å². The average molecular weight is 364 g/mol. The summed E-state index contributed by atoms with van der Waals surface area (Å²) in [5.74, 6) is -0.297. The van der Waals surface area contributed by atoms with Crippen molar-refractivity contribution in [2.45, 2.75) is 18.2 Å². The third-order valence-corrected chi connectivity index (χ3v) is 4.12. The van der Waals surface area contributed by atoms with E-state index >= 15 is 0 Å². The van der Waals surface area contributed by atoms with Crippen LogP contribution in [-0.2, 0) is 9.59 Å². The molecule has 0 aliphatic heterocycles. The highest BCUT2D eigenvalue weighted by molar-refractivity contribution is 9.10. The molecular formula is C16H14BrNO2S. The third-order valence-electron chi connectivity index (χ3n) is 2.74. The Morgan fingerprint density at radius 2 is 1.86 bits per heavy atom. The number of hydrogen-bond donors (Lipinski definition) is 1. The molecule has 2 aromatic carbocycles. The number of amides is 1. The maximum Gasteiger partial charge on any atom is 0.232 e. The first-order valence-corrected chi connectivity index (χ1v) is 7.97. The fraction of sp³-hybridized carbons (Fsp3) is 0.125. The molecule has 0 fully saturated rings. The molecule has 0 aromatic heterocycles. The van der Waals surface area contributed by atoms with Gasteiger partial charge in [-0.05, 0) is 42.8 Å². The zero-order chi connectivity index (χ0) is 15.2. The molecule has 0 aliphatic carbocycles. The topological polar surface area (TPSA) is 46.2 Å². The van der Waals surface area contributed by atoms with Crippen molar-refractivity contribution >= 4 is 44.4 Å². The summed E-state index contributed by atoms with van der Waals surface area (Å²) in [4.78, 5) is 24.6. The number of hydrogen-bond acceptors (Lipinski definition) is 3. The highest BCUT2D eigenvalue weighted by Gasteiger charge is 2.12. The van der Waals surface area contributed by atoms with Gasteiger partial charge >= 0.3 is 0 Å². The molecule has 0 unspecified atom stereocenters. The Kier molecular flexibility index (Phi) is 5.59. The molecule has 5 heteroatoms. The summed E-state index contributed by atoms with van der Waals surface area (Å²) in [5, 5.41) is 2.59. The van der Waals surface area contributed by atoms with Crippen LogP contribution in [0.5, 0.6) is 0 Å². The number of carbonyl (C=O) groups excluding carboxylic acids is 2. The van der Waals surface area contributed by atoms with Crippen LogP contribution in [0.1, 0.15) is 12.0 Å². The smallest absolute Gasteiger partial charge is 0.232 e. The van der Waals surface area contributed by atoms with E-state index in [9.17, 15) is 9.59 Å². The summed E-state index contributed by atoms with van der Waals surface area (Å²) >= 11 is 4.45. The van der Waals surface area contributed by atoms with Crippen LogP contribution in [0.3, 0.4) is 0 Å². The van der Waals surface area contributed by atoms with E-state index < -0.39 is 0 Å². The van der Waals surface area contributed by atoms with Crippen molar-refractivity contribution in [1.82, 2.24) is 0 Å². The number of benzene rings is 2. The summed E-state index contributed by atoms with van der Waals surface area (Å²) in [6.45, 7) is 1.90. The Balaban J connectivity index is 1.91. The van der Waals surface area contributed by atoms with Gasteiger partial charge in [0.25, 0.3) is 0 Å². The van der Waals surface area contributed by atoms with Crippen LogP contribution in [0.25, 0.3) is 0 Å². The number of carbonyl (C=O) groups is 2. The second-order valence-corrected chi connectivity index (χ2v) is 6.52. The van der Waals surface area contributed by atoms with Crippen molar-refractivity contribution in [3.05, 3.63) is 58.6 Å². The summed E-state index contributed by atoms with van der Waals surface area (Å²) in [7, 11) is 0. The highest BCUT2D eigenvalue weighted by Crippen LogP contribution is 2.22. The molecule has 0 heterocycles. The quantitative estimate of drug-likeness (QED) is 0.646. The molecule has 0 radical (unpaired) electrons. The molecule has 0 aliphatic rings. The first-order chi connectivity index (χ1) is 10.0. The van der Waals surface area contributed by atoms with E-state index in [-0.39, 0.29) is 17.4 Å². The molecule has 1 N–H and O–H groups in total. The molecule has 3 nitrogen and oxygen atoms in total. The monoisotopic (exact) mass is 363 g/mol. The summed E-state index contributed by atoms with van der Waals surface area (Å²) in [6.07, 6.45) is -0.144. The molecule has 0 bridgehead atoms. The second kappa shape index (κ2) is 7.43. The van der Waals surface area contributed by atoms with Gasteiger partial charge in [-0.1, -0.05) is 45.9 Å². The molecule has 2 aromatic rings. The molecule has 21 heavy (non-hydrogen) atoms.